The molecule has 0 aromatic heterocycles. The Morgan fingerprint density at radius 2 is 2.13 bits per heavy atom. The lowest BCUT2D eigenvalue weighted by molar-refractivity contribution is -0.149. The normalized spacial score (nSPS) is 21.0. The maximum absolute atomic E-state index is 11.8. The number of hydrogen-bond acceptors (Lipinski definition) is 3. The molecule has 1 aromatic rings. The number of halogens is 1. The number of rotatable bonds is 9. The van der Waals surface area contributed by atoms with Crippen molar-refractivity contribution in [1.82, 2.24) is 0 Å². The topological polar surface area (TPSA) is 38.8 Å². The largest absolute Gasteiger partial charge is 0.464 e. The average Bonchev–Trinajstić information content (AvgIpc) is 3.30. The lowest BCUT2D eigenvalue weighted by Crippen LogP contribution is -2.27. The summed E-state index contributed by atoms with van der Waals surface area (Å²) in [7, 11) is 0. The minimum Gasteiger partial charge on any atom is -0.464 e. The molecule has 4 heteroatoms. The molecular formula is C19H27ClO3. The van der Waals surface area contributed by atoms with E-state index in [1.54, 1.807) is 0 Å². The molecule has 0 N–H and O–H groups in total. The van der Waals surface area contributed by atoms with Crippen molar-refractivity contribution in [3.05, 3.63) is 34.3 Å². The highest BCUT2D eigenvalue weighted by molar-refractivity contribution is 6.30. The SMILES string of the molecule is CCOC(=O)C1(CCCCC(CC)c2ccc(Cl)cc2C)CO1. The van der Waals surface area contributed by atoms with Gasteiger partial charge in [0.05, 0.1) is 13.2 Å². The first-order valence-electron chi connectivity index (χ1n) is 8.59. The third-order valence-electron chi connectivity index (χ3n) is 4.69. The molecule has 1 aromatic carbocycles. The Morgan fingerprint density at radius 1 is 1.39 bits per heavy atom. The summed E-state index contributed by atoms with van der Waals surface area (Å²) in [6.07, 6.45) is 5.08. The molecular weight excluding hydrogens is 312 g/mol. The molecule has 1 aliphatic heterocycles. The van der Waals surface area contributed by atoms with E-state index in [2.05, 4.69) is 19.9 Å². The van der Waals surface area contributed by atoms with Gasteiger partial charge in [0.1, 0.15) is 0 Å². The monoisotopic (exact) mass is 338 g/mol. The fourth-order valence-electron chi connectivity index (χ4n) is 3.19. The number of carbonyl (C=O) groups is 1. The quantitative estimate of drug-likeness (QED) is 0.360. The number of unbranched alkanes of at least 4 members (excludes halogenated alkanes) is 1. The molecule has 0 saturated carbocycles. The highest BCUT2D eigenvalue weighted by Gasteiger charge is 2.52. The summed E-state index contributed by atoms with van der Waals surface area (Å²) in [5.41, 5.74) is 2.02. The van der Waals surface area contributed by atoms with Crippen molar-refractivity contribution in [1.29, 1.82) is 0 Å². The molecule has 1 heterocycles. The Kier molecular flexibility index (Phi) is 6.49. The van der Waals surface area contributed by atoms with Crippen LogP contribution in [0.1, 0.15) is 63.0 Å². The fourth-order valence-corrected chi connectivity index (χ4v) is 3.42. The van der Waals surface area contributed by atoms with Crippen LogP contribution in [0.5, 0.6) is 0 Å². The molecule has 1 saturated heterocycles. The van der Waals surface area contributed by atoms with E-state index in [1.165, 1.54) is 11.1 Å². The van der Waals surface area contributed by atoms with E-state index in [9.17, 15) is 4.79 Å². The van der Waals surface area contributed by atoms with E-state index in [-0.39, 0.29) is 5.97 Å². The molecule has 2 unspecified atom stereocenters. The van der Waals surface area contributed by atoms with Crippen LogP contribution in [-0.4, -0.2) is 24.8 Å². The summed E-state index contributed by atoms with van der Waals surface area (Å²) in [6, 6.07) is 6.16. The zero-order valence-corrected chi connectivity index (χ0v) is 15.1. The van der Waals surface area contributed by atoms with Crippen molar-refractivity contribution in [3.8, 4) is 0 Å². The van der Waals surface area contributed by atoms with Gasteiger partial charge in [-0.1, -0.05) is 31.0 Å². The summed E-state index contributed by atoms with van der Waals surface area (Å²) >= 11 is 6.05. The Morgan fingerprint density at radius 3 is 2.70 bits per heavy atom. The van der Waals surface area contributed by atoms with Gasteiger partial charge in [0.2, 0.25) is 0 Å². The van der Waals surface area contributed by atoms with Gasteiger partial charge in [-0.2, -0.15) is 0 Å². The molecule has 0 spiro atoms. The molecule has 2 atom stereocenters. The molecule has 1 fully saturated rings. The van der Waals surface area contributed by atoms with Crippen molar-refractivity contribution in [2.75, 3.05) is 13.2 Å². The van der Waals surface area contributed by atoms with Gasteiger partial charge in [-0.05, 0) is 68.7 Å². The second kappa shape index (κ2) is 8.16. The van der Waals surface area contributed by atoms with Crippen LogP contribution < -0.4 is 0 Å². The standard InChI is InChI=1S/C19H27ClO3/c1-4-15(17-10-9-16(20)12-14(17)3)8-6-7-11-19(13-23-19)18(21)22-5-2/h9-10,12,15H,4-8,11,13H2,1-3H3. The second-order valence-electron chi connectivity index (χ2n) is 6.36. The number of ether oxygens (including phenoxy) is 2. The molecule has 128 valence electrons. The number of carbonyl (C=O) groups excluding carboxylic acids is 1. The van der Waals surface area contributed by atoms with E-state index in [4.69, 9.17) is 21.1 Å². The molecule has 2 rings (SSSR count). The van der Waals surface area contributed by atoms with Gasteiger partial charge < -0.3 is 9.47 Å². The van der Waals surface area contributed by atoms with E-state index in [1.807, 2.05) is 19.1 Å². The molecule has 0 aliphatic carbocycles. The van der Waals surface area contributed by atoms with E-state index >= 15 is 0 Å². The first-order valence-corrected chi connectivity index (χ1v) is 8.97. The molecule has 0 amide bonds. The zero-order valence-electron chi connectivity index (χ0n) is 14.4. The number of epoxide rings is 1. The molecule has 3 nitrogen and oxygen atoms in total. The van der Waals surface area contributed by atoms with Gasteiger partial charge in [-0.25, -0.2) is 4.79 Å². The second-order valence-corrected chi connectivity index (χ2v) is 6.79. The Labute approximate surface area is 144 Å². The Bertz CT molecular complexity index is 537. The maximum atomic E-state index is 11.8. The van der Waals surface area contributed by atoms with E-state index < -0.39 is 5.60 Å². The summed E-state index contributed by atoms with van der Waals surface area (Å²) in [4.78, 5) is 11.8. The van der Waals surface area contributed by atoms with Crippen molar-refractivity contribution in [3.63, 3.8) is 0 Å². The summed E-state index contributed by atoms with van der Waals surface area (Å²) in [5.74, 6) is 0.353. The highest BCUT2D eigenvalue weighted by atomic mass is 35.5. The average molecular weight is 339 g/mol. The van der Waals surface area contributed by atoms with Gasteiger partial charge in [0.15, 0.2) is 5.60 Å². The van der Waals surface area contributed by atoms with Crippen LogP contribution in [0.4, 0.5) is 0 Å². The predicted molar refractivity (Wildman–Crippen MR) is 93.0 cm³/mol. The predicted octanol–water partition coefficient (Wildman–Crippen LogP) is 5.03. The lowest BCUT2D eigenvalue weighted by atomic mass is 9.87. The third kappa shape index (κ3) is 4.71. The minimum absolute atomic E-state index is 0.194. The summed E-state index contributed by atoms with van der Waals surface area (Å²) < 4.78 is 10.5. The number of benzene rings is 1. The van der Waals surface area contributed by atoms with Crippen LogP contribution in [0.3, 0.4) is 0 Å². The van der Waals surface area contributed by atoms with E-state index in [0.717, 1.165) is 37.1 Å². The Balaban J connectivity index is 1.81. The van der Waals surface area contributed by atoms with Crippen LogP contribution in [0, 0.1) is 6.92 Å². The molecule has 0 bridgehead atoms. The first-order chi connectivity index (χ1) is 11.0. The summed E-state index contributed by atoms with van der Waals surface area (Å²) in [5, 5.41) is 0.795. The van der Waals surface area contributed by atoms with Gasteiger partial charge in [0.25, 0.3) is 0 Å². The van der Waals surface area contributed by atoms with E-state index in [0.29, 0.717) is 19.1 Å². The fraction of sp³-hybridized carbons (Fsp3) is 0.632. The molecule has 0 radical (unpaired) electrons. The summed E-state index contributed by atoms with van der Waals surface area (Å²) in [6.45, 7) is 7.10. The number of esters is 1. The highest BCUT2D eigenvalue weighted by Crippen LogP contribution is 2.36. The van der Waals surface area contributed by atoms with Crippen LogP contribution in [0.2, 0.25) is 5.02 Å². The van der Waals surface area contributed by atoms with Crippen molar-refractivity contribution >= 4 is 17.6 Å². The molecule has 1 aliphatic rings. The third-order valence-corrected chi connectivity index (χ3v) is 4.92. The smallest absolute Gasteiger partial charge is 0.340 e. The lowest BCUT2D eigenvalue weighted by Gasteiger charge is -2.18. The van der Waals surface area contributed by atoms with Crippen LogP contribution >= 0.6 is 11.6 Å². The van der Waals surface area contributed by atoms with Crippen LogP contribution in [0.15, 0.2) is 18.2 Å². The van der Waals surface area contributed by atoms with Gasteiger partial charge in [-0.3, -0.25) is 0 Å². The van der Waals surface area contributed by atoms with Crippen molar-refractivity contribution in [2.45, 2.75) is 64.4 Å². The number of hydrogen-bond donors (Lipinski definition) is 0. The van der Waals surface area contributed by atoms with Crippen molar-refractivity contribution < 1.29 is 14.3 Å². The minimum atomic E-state index is -0.631. The van der Waals surface area contributed by atoms with Crippen LogP contribution in [-0.2, 0) is 14.3 Å². The number of aryl methyl sites for hydroxylation is 1. The molecule has 23 heavy (non-hydrogen) atoms. The Hall–Kier alpha value is -1.06. The van der Waals surface area contributed by atoms with Crippen molar-refractivity contribution in [2.24, 2.45) is 0 Å². The zero-order chi connectivity index (χ0) is 16.9. The van der Waals surface area contributed by atoms with Gasteiger partial charge in [-0.15, -0.1) is 0 Å². The maximum Gasteiger partial charge on any atom is 0.340 e. The van der Waals surface area contributed by atoms with Gasteiger partial charge >= 0.3 is 5.97 Å². The first kappa shape index (κ1) is 18.3. The van der Waals surface area contributed by atoms with Gasteiger partial charge in [0, 0.05) is 5.02 Å². The van der Waals surface area contributed by atoms with Crippen LogP contribution in [0.25, 0.3) is 0 Å².